The van der Waals surface area contributed by atoms with Crippen LogP contribution in [0.3, 0.4) is 0 Å². The van der Waals surface area contributed by atoms with Crippen molar-refractivity contribution >= 4 is 11.9 Å². The lowest BCUT2D eigenvalue weighted by molar-refractivity contribution is -0.148. The fourth-order valence-corrected chi connectivity index (χ4v) is 3.51. The Morgan fingerprint density at radius 2 is 1.60 bits per heavy atom. The Labute approximate surface area is 148 Å². The molecule has 1 heterocycles. The summed E-state index contributed by atoms with van der Waals surface area (Å²) < 4.78 is 0. The normalized spacial score (nSPS) is 16.4. The Bertz CT molecular complexity index is 744. The third-order valence-electron chi connectivity index (χ3n) is 5.18. The van der Waals surface area contributed by atoms with Gasteiger partial charge in [0.05, 0.1) is 11.8 Å². The molecule has 0 atom stereocenters. The topological polar surface area (TPSA) is 57.6 Å². The number of aliphatic carboxylic acids is 1. The van der Waals surface area contributed by atoms with Crippen LogP contribution < -0.4 is 0 Å². The predicted octanol–water partition coefficient (Wildman–Crippen LogP) is 3.18. The first-order valence-electron chi connectivity index (χ1n) is 8.63. The molecule has 0 spiro atoms. The lowest BCUT2D eigenvalue weighted by Crippen LogP contribution is -2.49. The highest BCUT2D eigenvalue weighted by Crippen LogP contribution is 2.36. The second kappa shape index (κ2) is 7.09. The van der Waals surface area contributed by atoms with E-state index in [1.54, 1.807) is 4.90 Å². The predicted molar refractivity (Wildman–Crippen MR) is 96.5 cm³/mol. The second-order valence-electron chi connectivity index (χ2n) is 6.80. The summed E-state index contributed by atoms with van der Waals surface area (Å²) in [5, 5.41) is 9.82. The minimum Gasteiger partial charge on any atom is -0.481 e. The average Bonchev–Trinajstić information content (AvgIpc) is 2.64. The Morgan fingerprint density at radius 3 is 2.16 bits per heavy atom. The number of carbonyl (C=O) groups excluding carboxylic acids is 1. The maximum Gasteiger partial charge on any atom is 0.314 e. The van der Waals surface area contributed by atoms with E-state index in [0.717, 1.165) is 11.1 Å². The van der Waals surface area contributed by atoms with Gasteiger partial charge in [-0.25, -0.2) is 0 Å². The molecule has 0 bridgehead atoms. The van der Waals surface area contributed by atoms with Gasteiger partial charge in [-0.1, -0.05) is 60.2 Å². The molecule has 130 valence electrons. The molecule has 1 aliphatic heterocycles. The molecule has 1 amide bonds. The molecule has 0 aromatic heterocycles. The van der Waals surface area contributed by atoms with Crippen LogP contribution >= 0.6 is 0 Å². The van der Waals surface area contributed by atoms with E-state index in [-0.39, 0.29) is 5.91 Å². The maximum absolute atomic E-state index is 12.5. The summed E-state index contributed by atoms with van der Waals surface area (Å²) in [6.45, 7) is 2.98. The van der Waals surface area contributed by atoms with Gasteiger partial charge in [-0.15, -0.1) is 0 Å². The van der Waals surface area contributed by atoms with Gasteiger partial charge in [-0.3, -0.25) is 9.59 Å². The van der Waals surface area contributed by atoms with Gasteiger partial charge in [0.1, 0.15) is 0 Å². The number of hydrogen-bond acceptors (Lipinski definition) is 2. The van der Waals surface area contributed by atoms with Crippen LogP contribution in [-0.4, -0.2) is 35.0 Å². The highest BCUT2D eigenvalue weighted by atomic mass is 16.4. The van der Waals surface area contributed by atoms with Crippen LogP contribution in [0, 0.1) is 6.92 Å². The van der Waals surface area contributed by atoms with Crippen molar-refractivity contribution in [3.63, 3.8) is 0 Å². The largest absolute Gasteiger partial charge is 0.481 e. The van der Waals surface area contributed by atoms with Crippen molar-refractivity contribution in [2.45, 2.75) is 31.6 Å². The Hall–Kier alpha value is -2.62. The molecular weight excluding hydrogens is 314 g/mol. The number of hydrogen-bond donors (Lipinski definition) is 1. The van der Waals surface area contributed by atoms with Gasteiger partial charge < -0.3 is 10.0 Å². The number of benzene rings is 2. The van der Waals surface area contributed by atoms with Crippen LogP contribution in [0.1, 0.15) is 29.5 Å². The van der Waals surface area contributed by atoms with Gasteiger partial charge in [-0.2, -0.15) is 0 Å². The van der Waals surface area contributed by atoms with Gasteiger partial charge in [0.25, 0.3) is 0 Å². The molecule has 2 aromatic carbocycles. The summed E-state index contributed by atoms with van der Waals surface area (Å²) >= 11 is 0. The van der Waals surface area contributed by atoms with Gasteiger partial charge in [0, 0.05) is 13.1 Å². The van der Waals surface area contributed by atoms with E-state index in [0.29, 0.717) is 32.4 Å². The number of carboxylic acids is 1. The minimum absolute atomic E-state index is 0.0657. The Balaban J connectivity index is 1.68. The van der Waals surface area contributed by atoms with Crippen molar-refractivity contribution in [3.8, 4) is 0 Å². The van der Waals surface area contributed by atoms with Gasteiger partial charge in [0.15, 0.2) is 0 Å². The summed E-state index contributed by atoms with van der Waals surface area (Å²) in [4.78, 5) is 26.3. The van der Waals surface area contributed by atoms with Crippen molar-refractivity contribution in [1.29, 1.82) is 0 Å². The number of carboxylic acid groups (broad SMARTS) is 1. The van der Waals surface area contributed by atoms with Crippen molar-refractivity contribution < 1.29 is 14.7 Å². The monoisotopic (exact) mass is 337 g/mol. The molecule has 4 nitrogen and oxygen atoms in total. The zero-order chi connectivity index (χ0) is 17.9. The molecule has 25 heavy (non-hydrogen) atoms. The van der Waals surface area contributed by atoms with Crippen LogP contribution in [0.15, 0.2) is 54.6 Å². The summed E-state index contributed by atoms with van der Waals surface area (Å²) in [5.74, 6) is -0.736. The van der Waals surface area contributed by atoms with Gasteiger partial charge >= 0.3 is 5.97 Å². The van der Waals surface area contributed by atoms with Crippen LogP contribution in [-0.2, 0) is 21.4 Å². The zero-order valence-corrected chi connectivity index (χ0v) is 14.4. The Morgan fingerprint density at radius 1 is 1.00 bits per heavy atom. The molecule has 4 heteroatoms. The number of carbonyl (C=O) groups is 2. The summed E-state index contributed by atoms with van der Waals surface area (Å²) in [5.41, 5.74) is 2.10. The molecule has 0 radical (unpaired) electrons. The van der Waals surface area contributed by atoms with Gasteiger partial charge in [0.2, 0.25) is 5.91 Å². The molecule has 1 saturated heterocycles. The van der Waals surface area contributed by atoms with Crippen molar-refractivity contribution in [1.82, 2.24) is 4.90 Å². The fraction of sp³-hybridized carbons (Fsp3) is 0.333. The second-order valence-corrected chi connectivity index (χ2v) is 6.80. The number of aryl methyl sites for hydroxylation is 1. The molecule has 0 unspecified atom stereocenters. The van der Waals surface area contributed by atoms with Crippen molar-refractivity contribution in [2.75, 3.05) is 13.1 Å². The third-order valence-corrected chi connectivity index (χ3v) is 5.18. The van der Waals surface area contributed by atoms with Gasteiger partial charge in [-0.05, 0) is 30.9 Å². The Kier molecular flexibility index (Phi) is 4.88. The highest BCUT2D eigenvalue weighted by molar-refractivity contribution is 5.83. The SMILES string of the molecule is Cc1ccc(CC(=O)N2CCC(C(=O)O)(c3ccccc3)CC2)cc1. The van der Waals surface area contributed by atoms with Crippen LogP contribution in [0.4, 0.5) is 0 Å². The molecule has 1 N–H and O–H groups in total. The number of likely N-dealkylation sites (tertiary alicyclic amines) is 1. The van der Waals surface area contributed by atoms with E-state index in [4.69, 9.17) is 0 Å². The first kappa shape index (κ1) is 17.2. The molecule has 0 saturated carbocycles. The standard InChI is InChI=1S/C21H23NO3/c1-16-7-9-17(10-8-16)15-19(23)22-13-11-21(12-14-22,20(24)25)18-5-3-2-4-6-18/h2-10H,11-15H2,1H3,(H,24,25). The van der Waals surface area contributed by atoms with E-state index in [9.17, 15) is 14.7 Å². The number of piperidine rings is 1. The molecule has 0 aliphatic carbocycles. The molecule has 1 fully saturated rings. The van der Waals surface area contributed by atoms with E-state index in [2.05, 4.69) is 0 Å². The highest BCUT2D eigenvalue weighted by Gasteiger charge is 2.43. The number of nitrogens with zero attached hydrogens (tertiary/aromatic N) is 1. The fourth-order valence-electron chi connectivity index (χ4n) is 3.51. The lowest BCUT2D eigenvalue weighted by atomic mass is 9.73. The number of rotatable bonds is 4. The van der Waals surface area contributed by atoms with Crippen molar-refractivity contribution in [2.24, 2.45) is 0 Å². The van der Waals surface area contributed by atoms with E-state index in [1.165, 1.54) is 5.56 Å². The molecule has 3 rings (SSSR count). The van der Waals surface area contributed by atoms with Crippen molar-refractivity contribution in [3.05, 3.63) is 71.3 Å². The van der Waals surface area contributed by atoms with E-state index in [1.807, 2.05) is 61.5 Å². The smallest absolute Gasteiger partial charge is 0.314 e. The van der Waals surface area contributed by atoms with E-state index < -0.39 is 11.4 Å². The maximum atomic E-state index is 12.5. The number of amides is 1. The average molecular weight is 337 g/mol. The summed E-state index contributed by atoms with van der Waals surface area (Å²) in [6, 6.07) is 17.3. The molecular formula is C21H23NO3. The first-order chi connectivity index (χ1) is 12.0. The third kappa shape index (κ3) is 3.58. The molecule has 1 aliphatic rings. The molecule has 2 aromatic rings. The summed E-state index contributed by atoms with van der Waals surface area (Å²) in [6.07, 6.45) is 1.27. The lowest BCUT2D eigenvalue weighted by Gasteiger charge is -2.39. The zero-order valence-electron chi connectivity index (χ0n) is 14.4. The summed E-state index contributed by atoms with van der Waals surface area (Å²) in [7, 11) is 0. The van der Waals surface area contributed by atoms with E-state index >= 15 is 0 Å². The minimum atomic E-state index is -0.887. The van der Waals surface area contributed by atoms with Crippen LogP contribution in [0.2, 0.25) is 0 Å². The van der Waals surface area contributed by atoms with Crippen LogP contribution in [0.25, 0.3) is 0 Å². The first-order valence-corrected chi connectivity index (χ1v) is 8.63. The quantitative estimate of drug-likeness (QED) is 0.932. The van der Waals surface area contributed by atoms with Crippen LogP contribution in [0.5, 0.6) is 0 Å².